The Morgan fingerprint density at radius 2 is 1.86 bits per heavy atom. The maximum atomic E-state index is 11.3. The van der Waals surface area contributed by atoms with Gasteiger partial charge < -0.3 is 9.15 Å². The van der Waals surface area contributed by atoms with Gasteiger partial charge in [0.15, 0.2) is 0 Å². The first-order chi connectivity index (χ1) is 10.2. The molecule has 0 radical (unpaired) electrons. The summed E-state index contributed by atoms with van der Waals surface area (Å²) in [6.07, 6.45) is 6.75. The van der Waals surface area contributed by atoms with E-state index < -0.39 is 0 Å². The second-order valence-corrected chi connectivity index (χ2v) is 5.85. The highest BCUT2D eigenvalue weighted by Crippen LogP contribution is 2.32. The topological polar surface area (TPSA) is 42.7 Å². The van der Waals surface area contributed by atoms with Gasteiger partial charge in [-0.3, -0.25) is 4.90 Å². The minimum Gasteiger partial charge on any atom is -0.490 e. The zero-order valence-corrected chi connectivity index (χ0v) is 11.9. The average molecular weight is 283 g/mol. The van der Waals surface area contributed by atoms with Crippen LogP contribution in [0.4, 0.5) is 0 Å². The van der Waals surface area contributed by atoms with Crippen molar-refractivity contribution in [2.45, 2.75) is 31.0 Å². The van der Waals surface area contributed by atoms with E-state index in [0.717, 1.165) is 24.0 Å². The summed E-state index contributed by atoms with van der Waals surface area (Å²) >= 11 is 0. The predicted molar refractivity (Wildman–Crippen MR) is 80.6 cm³/mol. The number of rotatable bonds is 2. The third kappa shape index (κ3) is 2.25. The number of nitrogens with zero attached hydrogens (tertiary/aromatic N) is 1. The van der Waals surface area contributed by atoms with Crippen LogP contribution < -0.4 is 10.4 Å². The largest absolute Gasteiger partial charge is 0.490 e. The van der Waals surface area contributed by atoms with Crippen molar-refractivity contribution in [3.8, 4) is 5.75 Å². The monoisotopic (exact) mass is 283 g/mol. The molecule has 0 amide bonds. The summed E-state index contributed by atoms with van der Waals surface area (Å²) in [6, 6.07) is 9.84. The van der Waals surface area contributed by atoms with E-state index in [1.54, 1.807) is 6.07 Å². The molecule has 2 aliphatic heterocycles. The zero-order valence-electron chi connectivity index (χ0n) is 11.9. The molecule has 1 aromatic carbocycles. The van der Waals surface area contributed by atoms with Crippen molar-refractivity contribution in [1.29, 1.82) is 0 Å². The minimum absolute atomic E-state index is 0.207. The summed E-state index contributed by atoms with van der Waals surface area (Å²) in [4.78, 5) is 13.7. The van der Waals surface area contributed by atoms with Gasteiger partial charge in [-0.15, -0.1) is 0 Å². The minimum atomic E-state index is -0.332. The summed E-state index contributed by atoms with van der Waals surface area (Å²) < 4.78 is 11.3. The lowest BCUT2D eigenvalue weighted by atomic mass is 9.99. The summed E-state index contributed by atoms with van der Waals surface area (Å²) in [6.45, 7) is 0. The second-order valence-electron chi connectivity index (χ2n) is 5.85. The number of hydrogen-bond acceptors (Lipinski definition) is 4. The molecule has 0 spiro atoms. The number of likely N-dealkylation sites (N-methyl/N-ethyl adjacent to an activating group) is 1. The van der Waals surface area contributed by atoms with E-state index in [1.807, 2.05) is 18.2 Å². The smallest absolute Gasteiger partial charge is 0.336 e. The molecule has 2 aromatic rings. The summed E-state index contributed by atoms with van der Waals surface area (Å²) in [5, 5.41) is 0.909. The quantitative estimate of drug-likeness (QED) is 0.627. The van der Waals surface area contributed by atoms with E-state index in [4.69, 9.17) is 9.15 Å². The van der Waals surface area contributed by atoms with Crippen molar-refractivity contribution in [3.05, 3.63) is 52.9 Å². The Kier molecular flexibility index (Phi) is 2.86. The molecule has 4 rings (SSSR count). The van der Waals surface area contributed by atoms with Gasteiger partial charge in [0.2, 0.25) is 0 Å². The normalized spacial score (nSPS) is 28.1. The Hall–Kier alpha value is -2.07. The molecule has 2 bridgehead atoms. The number of hydrogen-bond donors (Lipinski definition) is 0. The van der Waals surface area contributed by atoms with Gasteiger partial charge in [-0.25, -0.2) is 4.79 Å². The summed E-state index contributed by atoms with van der Waals surface area (Å²) in [5.74, 6) is 0.769. The maximum absolute atomic E-state index is 11.3. The molecule has 1 fully saturated rings. The molecule has 2 atom stereocenters. The first-order valence-electron chi connectivity index (χ1n) is 7.30. The molecule has 2 aliphatic rings. The Morgan fingerprint density at radius 3 is 2.62 bits per heavy atom. The van der Waals surface area contributed by atoms with Crippen LogP contribution in [0.15, 0.2) is 51.7 Å². The van der Waals surface area contributed by atoms with Crippen LogP contribution in [0.3, 0.4) is 0 Å². The highest BCUT2D eigenvalue weighted by atomic mass is 16.5. The standard InChI is InChI=1S/C17H17NO3/c1-18-12-4-5-13(18)9-15(8-12)20-14-6-2-11-3-7-17(19)21-16(11)10-14/h2-7,10,12-13,15H,8-9H2,1H3. The molecule has 4 heteroatoms. The molecule has 0 saturated carbocycles. The Balaban J connectivity index is 1.56. The van der Waals surface area contributed by atoms with Crippen LogP contribution in [0, 0.1) is 0 Å². The van der Waals surface area contributed by atoms with Crippen molar-refractivity contribution in [2.75, 3.05) is 7.05 Å². The van der Waals surface area contributed by atoms with Crippen LogP contribution in [0.5, 0.6) is 5.75 Å². The van der Waals surface area contributed by atoms with E-state index in [2.05, 4.69) is 24.1 Å². The molecule has 108 valence electrons. The maximum Gasteiger partial charge on any atom is 0.336 e. The van der Waals surface area contributed by atoms with Gasteiger partial charge in [-0.2, -0.15) is 0 Å². The van der Waals surface area contributed by atoms with Crippen molar-refractivity contribution >= 4 is 11.0 Å². The van der Waals surface area contributed by atoms with Crippen LogP contribution in [0.1, 0.15) is 12.8 Å². The van der Waals surface area contributed by atoms with Crippen molar-refractivity contribution in [2.24, 2.45) is 0 Å². The fourth-order valence-electron chi connectivity index (χ4n) is 3.30. The van der Waals surface area contributed by atoms with Crippen molar-refractivity contribution in [3.63, 3.8) is 0 Å². The lowest BCUT2D eigenvalue weighted by molar-refractivity contribution is 0.0752. The van der Waals surface area contributed by atoms with Crippen LogP contribution in [0.2, 0.25) is 0 Å². The van der Waals surface area contributed by atoms with Crippen LogP contribution >= 0.6 is 0 Å². The van der Waals surface area contributed by atoms with Gasteiger partial charge in [0, 0.05) is 42.4 Å². The highest BCUT2D eigenvalue weighted by Gasteiger charge is 2.35. The van der Waals surface area contributed by atoms with Crippen LogP contribution in [0.25, 0.3) is 11.0 Å². The number of piperidine rings is 1. The van der Waals surface area contributed by atoms with Crippen molar-refractivity contribution < 1.29 is 9.15 Å². The van der Waals surface area contributed by atoms with Crippen LogP contribution in [-0.4, -0.2) is 30.1 Å². The van der Waals surface area contributed by atoms with Gasteiger partial charge in [0.1, 0.15) is 17.4 Å². The molecule has 1 saturated heterocycles. The molecule has 3 heterocycles. The molecular formula is C17H17NO3. The summed E-state index contributed by atoms with van der Waals surface area (Å²) in [5.41, 5.74) is 0.246. The van der Waals surface area contributed by atoms with E-state index >= 15 is 0 Å². The third-order valence-electron chi connectivity index (χ3n) is 4.51. The van der Waals surface area contributed by atoms with E-state index in [1.165, 1.54) is 6.07 Å². The fourth-order valence-corrected chi connectivity index (χ4v) is 3.30. The molecule has 1 aromatic heterocycles. The first-order valence-corrected chi connectivity index (χ1v) is 7.30. The van der Waals surface area contributed by atoms with Crippen molar-refractivity contribution in [1.82, 2.24) is 4.90 Å². The van der Waals surface area contributed by atoms with Gasteiger partial charge in [0.05, 0.1) is 0 Å². The van der Waals surface area contributed by atoms with E-state index in [9.17, 15) is 4.79 Å². The molecule has 21 heavy (non-hydrogen) atoms. The fraction of sp³-hybridized carbons (Fsp3) is 0.353. The molecule has 4 nitrogen and oxygen atoms in total. The lowest BCUT2D eigenvalue weighted by Crippen LogP contribution is -2.44. The lowest BCUT2D eigenvalue weighted by Gasteiger charge is -2.36. The van der Waals surface area contributed by atoms with E-state index in [-0.39, 0.29) is 11.7 Å². The SMILES string of the molecule is CN1C2C=CC1CC(Oc1ccc3ccc(=O)oc3c1)C2. The van der Waals surface area contributed by atoms with Gasteiger partial charge in [-0.1, -0.05) is 12.2 Å². The highest BCUT2D eigenvalue weighted by molar-refractivity contribution is 5.77. The Labute approximate surface area is 122 Å². The van der Waals surface area contributed by atoms with Gasteiger partial charge in [0.25, 0.3) is 0 Å². The summed E-state index contributed by atoms with van der Waals surface area (Å²) in [7, 11) is 2.16. The first kappa shape index (κ1) is 12.7. The molecule has 0 aliphatic carbocycles. The molecule has 2 unspecified atom stereocenters. The number of fused-ring (bicyclic) bond motifs is 3. The zero-order chi connectivity index (χ0) is 14.4. The second kappa shape index (κ2) is 4.74. The van der Waals surface area contributed by atoms with Crippen LogP contribution in [-0.2, 0) is 0 Å². The Bertz CT molecular complexity index is 748. The van der Waals surface area contributed by atoms with Gasteiger partial charge >= 0.3 is 5.63 Å². The Morgan fingerprint density at radius 1 is 1.14 bits per heavy atom. The van der Waals surface area contributed by atoms with E-state index in [0.29, 0.717) is 17.7 Å². The van der Waals surface area contributed by atoms with Gasteiger partial charge in [-0.05, 0) is 25.2 Å². The predicted octanol–water partition coefficient (Wildman–Crippen LogP) is 2.57. The number of ether oxygens (including phenoxy) is 1. The third-order valence-corrected chi connectivity index (χ3v) is 4.51. The molecular weight excluding hydrogens is 266 g/mol. The molecule has 0 N–H and O–H groups in total. The average Bonchev–Trinajstić information content (AvgIpc) is 2.70. The number of benzene rings is 1.